The molecule has 0 bridgehead atoms. The molecule has 1 saturated carbocycles. The van der Waals surface area contributed by atoms with E-state index < -0.39 is 0 Å². The van der Waals surface area contributed by atoms with Crippen LogP contribution < -0.4 is 10.6 Å². The smallest absolute Gasteiger partial charge is 0.251 e. The summed E-state index contributed by atoms with van der Waals surface area (Å²) in [5, 5.41) is 5.98. The minimum absolute atomic E-state index is 0.0291. The van der Waals surface area contributed by atoms with Gasteiger partial charge in [-0.2, -0.15) is 0 Å². The summed E-state index contributed by atoms with van der Waals surface area (Å²) in [6, 6.07) is 21.7. The van der Waals surface area contributed by atoms with Gasteiger partial charge in [-0.1, -0.05) is 42.5 Å². The van der Waals surface area contributed by atoms with Crippen LogP contribution in [0.3, 0.4) is 0 Å². The minimum atomic E-state index is -0.0416. The van der Waals surface area contributed by atoms with Gasteiger partial charge in [-0.25, -0.2) is 0 Å². The maximum Gasteiger partial charge on any atom is 0.251 e. The number of furan rings is 1. The van der Waals surface area contributed by atoms with Crippen LogP contribution in [0.1, 0.15) is 46.5 Å². The Balaban J connectivity index is 1.22. The number of amides is 2. The second-order valence-corrected chi connectivity index (χ2v) is 8.91. The number of nitrogens with zero attached hydrogens (tertiary/aromatic N) is 1. The van der Waals surface area contributed by atoms with Crippen LogP contribution in [0.25, 0.3) is 0 Å². The highest BCUT2D eigenvalue weighted by Gasteiger charge is 2.23. The predicted molar refractivity (Wildman–Crippen MR) is 133 cm³/mol. The number of carbonyl (C=O) groups excluding carboxylic acids is 2. The Kier molecular flexibility index (Phi) is 9.09. The maximum absolute atomic E-state index is 12.6. The highest BCUT2D eigenvalue weighted by molar-refractivity contribution is 5.94. The molecule has 0 spiro atoms. The first kappa shape index (κ1) is 24.7. The molecule has 2 aromatic carbocycles. The fourth-order valence-corrected chi connectivity index (χ4v) is 3.73. The molecule has 7 nitrogen and oxygen atoms in total. The zero-order chi connectivity index (χ0) is 24.3. The molecule has 1 aromatic heterocycles. The average Bonchev–Trinajstić information content (AvgIpc) is 3.53. The van der Waals surface area contributed by atoms with E-state index in [0.717, 1.165) is 36.1 Å². The first-order valence-corrected chi connectivity index (χ1v) is 12.2. The van der Waals surface area contributed by atoms with E-state index in [1.165, 1.54) is 0 Å². The van der Waals surface area contributed by atoms with Crippen LogP contribution in [-0.4, -0.2) is 42.5 Å². The number of hydrogen-bond acceptors (Lipinski definition) is 5. The monoisotopic (exact) mass is 475 g/mol. The second kappa shape index (κ2) is 12.9. The first-order valence-electron chi connectivity index (χ1n) is 12.2. The Morgan fingerprint density at radius 3 is 2.46 bits per heavy atom. The molecule has 1 aliphatic carbocycles. The SMILES string of the molecule is O=C(CN(Cc1ccc(C(=O)NC2CC2)cc1)Cc1ccco1)NCCCOCc1ccccc1. The van der Waals surface area contributed by atoms with Crippen LogP contribution >= 0.6 is 0 Å². The summed E-state index contributed by atoms with van der Waals surface area (Å²) in [6.45, 7) is 3.06. The minimum Gasteiger partial charge on any atom is -0.468 e. The summed E-state index contributed by atoms with van der Waals surface area (Å²) in [5.74, 6) is 0.728. The van der Waals surface area contributed by atoms with Crippen molar-refractivity contribution in [1.29, 1.82) is 0 Å². The van der Waals surface area contributed by atoms with Gasteiger partial charge in [-0.15, -0.1) is 0 Å². The van der Waals surface area contributed by atoms with Crippen LogP contribution in [0.15, 0.2) is 77.4 Å². The van der Waals surface area contributed by atoms with E-state index in [4.69, 9.17) is 9.15 Å². The summed E-state index contributed by atoms with van der Waals surface area (Å²) < 4.78 is 11.2. The highest BCUT2D eigenvalue weighted by Crippen LogP contribution is 2.19. The Morgan fingerprint density at radius 2 is 1.74 bits per heavy atom. The molecule has 1 fully saturated rings. The van der Waals surface area contributed by atoms with Crippen molar-refractivity contribution >= 4 is 11.8 Å². The normalized spacial score (nSPS) is 13.1. The third-order valence-electron chi connectivity index (χ3n) is 5.76. The van der Waals surface area contributed by atoms with Crippen molar-refractivity contribution < 1.29 is 18.7 Å². The molecule has 0 unspecified atom stereocenters. The molecule has 2 N–H and O–H groups in total. The van der Waals surface area contributed by atoms with E-state index in [1.807, 2.05) is 71.6 Å². The van der Waals surface area contributed by atoms with Crippen molar-refractivity contribution in [2.75, 3.05) is 19.7 Å². The number of rotatable bonds is 14. The van der Waals surface area contributed by atoms with Crippen LogP contribution in [0.4, 0.5) is 0 Å². The van der Waals surface area contributed by atoms with E-state index in [1.54, 1.807) is 6.26 Å². The van der Waals surface area contributed by atoms with Gasteiger partial charge in [0.05, 0.1) is 26.0 Å². The first-order chi connectivity index (χ1) is 17.2. The summed E-state index contributed by atoms with van der Waals surface area (Å²) >= 11 is 0. The van der Waals surface area contributed by atoms with Crippen molar-refractivity contribution in [2.45, 2.75) is 45.0 Å². The molecule has 7 heteroatoms. The number of nitrogens with one attached hydrogen (secondary N) is 2. The molecule has 0 saturated heterocycles. The highest BCUT2D eigenvalue weighted by atomic mass is 16.5. The second-order valence-electron chi connectivity index (χ2n) is 8.91. The Hall–Kier alpha value is -3.42. The van der Waals surface area contributed by atoms with Crippen LogP contribution in [0.2, 0.25) is 0 Å². The van der Waals surface area contributed by atoms with Gasteiger partial charge in [-0.05, 0) is 54.7 Å². The predicted octanol–water partition coefficient (Wildman–Crippen LogP) is 3.90. The number of benzene rings is 2. The van der Waals surface area contributed by atoms with Gasteiger partial charge in [0.1, 0.15) is 5.76 Å². The van der Waals surface area contributed by atoms with Gasteiger partial charge in [0, 0.05) is 31.3 Å². The van der Waals surface area contributed by atoms with Crippen LogP contribution in [0.5, 0.6) is 0 Å². The number of ether oxygens (including phenoxy) is 1. The van der Waals surface area contributed by atoms with Crippen LogP contribution in [0, 0.1) is 0 Å². The van der Waals surface area contributed by atoms with E-state index in [9.17, 15) is 9.59 Å². The number of carbonyl (C=O) groups is 2. The molecule has 35 heavy (non-hydrogen) atoms. The topological polar surface area (TPSA) is 83.8 Å². The molecule has 0 radical (unpaired) electrons. The van der Waals surface area contributed by atoms with Crippen molar-refractivity contribution in [3.05, 3.63) is 95.4 Å². The van der Waals surface area contributed by atoms with Crippen molar-refractivity contribution in [2.24, 2.45) is 0 Å². The van der Waals surface area contributed by atoms with Gasteiger partial charge < -0.3 is 19.8 Å². The Bertz CT molecular complexity index is 1050. The summed E-state index contributed by atoms with van der Waals surface area (Å²) in [6.07, 6.45) is 4.51. The number of hydrogen-bond donors (Lipinski definition) is 2. The lowest BCUT2D eigenvalue weighted by atomic mass is 10.1. The molecule has 0 atom stereocenters. The average molecular weight is 476 g/mol. The zero-order valence-corrected chi connectivity index (χ0v) is 19.9. The van der Waals surface area contributed by atoms with Crippen molar-refractivity contribution in [3.8, 4) is 0 Å². The third kappa shape index (κ3) is 8.70. The Morgan fingerprint density at radius 1 is 0.943 bits per heavy atom. The van der Waals surface area contributed by atoms with Gasteiger partial charge in [0.15, 0.2) is 0 Å². The maximum atomic E-state index is 12.6. The van der Waals surface area contributed by atoms with Crippen LogP contribution in [-0.2, 0) is 29.2 Å². The van der Waals surface area contributed by atoms with Gasteiger partial charge in [-0.3, -0.25) is 14.5 Å². The molecule has 1 aliphatic rings. The van der Waals surface area contributed by atoms with Crippen molar-refractivity contribution in [1.82, 2.24) is 15.5 Å². The zero-order valence-electron chi connectivity index (χ0n) is 19.9. The molecular weight excluding hydrogens is 442 g/mol. The van der Waals surface area contributed by atoms with E-state index in [-0.39, 0.29) is 18.4 Å². The fraction of sp³-hybridized carbons (Fsp3) is 0.357. The fourth-order valence-electron chi connectivity index (χ4n) is 3.73. The van der Waals surface area contributed by atoms with Gasteiger partial charge in [0.2, 0.25) is 5.91 Å². The molecule has 1 heterocycles. The van der Waals surface area contributed by atoms with E-state index >= 15 is 0 Å². The van der Waals surface area contributed by atoms with E-state index in [0.29, 0.717) is 44.5 Å². The molecule has 2 amide bonds. The third-order valence-corrected chi connectivity index (χ3v) is 5.76. The summed E-state index contributed by atoms with van der Waals surface area (Å²) in [5.41, 5.74) is 2.83. The molecular formula is C28H33N3O4. The molecule has 3 aromatic rings. The summed E-state index contributed by atoms with van der Waals surface area (Å²) in [4.78, 5) is 26.9. The molecule has 184 valence electrons. The quantitative estimate of drug-likeness (QED) is 0.346. The van der Waals surface area contributed by atoms with Crippen molar-refractivity contribution in [3.63, 3.8) is 0 Å². The molecule has 0 aliphatic heterocycles. The lowest BCUT2D eigenvalue weighted by Crippen LogP contribution is -2.37. The summed E-state index contributed by atoms with van der Waals surface area (Å²) in [7, 11) is 0. The lowest BCUT2D eigenvalue weighted by Gasteiger charge is -2.21. The lowest BCUT2D eigenvalue weighted by molar-refractivity contribution is -0.122. The largest absolute Gasteiger partial charge is 0.468 e. The molecule has 4 rings (SSSR count). The Labute approximate surface area is 206 Å². The van der Waals surface area contributed by atoms with Gasteiger partial charge in [0.25, 0.3) is 5.91 Å². The van der Waals surface area contributed by atoms with E-state index in [2.05, 4.69) is 10.6 Å². The van der Waals surface area contributed by atoms with Gasteiger partial charge >= 0.3 is 0 Å². The standard InChI is InChI=1S/C28H33N3O4/c32-27(29-15-5-16-34-21-23-6-2-1-3-7-23)20-31(19-26-8-4-17-35-26)18-22-9-11-24(12-10-22)28(33)30-25-13-14-25/h1-4,6-12,17,25H,5,13-16,18-21H2,(H,29,32)(H,30,33).